The summed E-state index contributed by atoms with van der Waals surface area (Å²) in [5.74, 6) is -0.156. The SMILES string of the molecule is O=C(c1sccc1S(=O)(=O)N1CCCC1)N1CCCNCC1. The van der Waals surface area contributed by atoms with Gasteiger partial charge in [-0.25, -0.2) is 8.42 Å². The number of carbonyl (C=O) groups excluding carboxylic acids is 1. The number of nitrogens with one attached hydrogen (secondary N) is 1. The normalized spacial score (nSPS) is 21.0. The van der Waals surface area contributed by atoms with E-state index in [1.807, 2.05) is 0 Å². The molecule has 1 aromatic heterocycles. The van der Waals surface area contributed by atoms with Gasteiger partial charge >= 0.3 is 0 Å². The molecule has 8 heteroatoms. The molecule has 22 heavy (non-hydrogen) atoms. The van der Waals surface area contributed by atoms with Crippen LogP contribution in [-0.2, 0) is 10.0 Å². The number of thiophene rings is 1. The van der Waals surface area contributed by atoms with Crippen LogP contribution in [0.3, 0.4) is 0 Å². The van der Waals surface area contributed by atoms with Crippen molar-refractivity contribution in [3.05, 3.63) is 16.3 Å². The zero-order valence-corrected chi connectivity index (χ0v) is 14.1. The number of sulfonamides is 1. The predicted molar refractivity (Wildman–Crippen MR) is 85.7 cm³/mol. The Kier molecular flexibility index (Phi) is 4.82. The lowest BCUT2D eigenvalue weighted by atomic mass is 10.3. The highest BCUT2D eigenvalue weighted by molar-refractivity contribution is 7.89. The summed E-state index contributed by atoms with van der Waals surface area (Å²) in [6.45, 7) is 4.06. The first kappa shape index (κ1) is 15.9. The molecule has 0 atom stereocenters. The maximum Gasteiger partial charge on any atom is 0.265 e. The molecule has 1 aromatic rings. The van der Waals surface area contributed by atoms with Crippen LogP contribution >= 0.6 is 11.3 Å². The van der Waals surface area contributed by atoms with E-state index < -0.39 is 10.0 Å². The van der Waals surface area contributed by atoms with Gasteiger partial charge in [-0.15, -0.1) is 11.3 Å². The van der Waals surface area contributed by atoms with Gasteiger partial charge in [-0.3, -0.25) is 4.79 Å². The molecular weight excluding hydrogens is 322 g/mol. The summed E-state index contributed by atoms with van der Waals surface area (Å²) in [7, 11) is -3.54. The molecule has 2 aliphatic heterocycles. The van der Waals surface area contributed by atoms with Crippen molar-refractivity contribution in [1.82, 2.24) is 14.5 Å². The minimum atomic E-state index is -3.54. The van der Waals surface area contributed by atoms with Crippen LogP contribution in [0, 0.1) is 0 Å². The second-order valence-electron chi connectivity index (χ2n) is 5.62. The third kappa shape index (κ3) is 3.05. The smallest absolute Gasteiger partial charge is 0.265 e. The molecule has 6 nitrogen and oxygen atoms in total. The molecule has 0 bridgehead atoms. The van der Waals surface area contributed by atoms with E-state index in [0.29, 0.717) is 31.1 Å². The number of carbonyl (C=O) groups is 1. The van der Waals surface area contributed by atoms with Crippen LogP contribution in [0.4, 0.5) is 0 Å². The van der Waals surface area contributed by atoms with Gasteiger partial charge in [0.05, 0.1) is 0 Å². The van der Waals surface area contributed by atoms with Gasteiger partial charge in [0, 0.05) is 32.7 Å². The first-order valence-electron chi connectivity index (χ1n) is 7.68. The summed E-state index contributed by atoms with van der Waals surface area (Å²) >= 11 is 1.23. The molecule has 2 saturated heterocycles. The molecule has 0 saturated carbocycles. The first-order chi connectivity index (χ1) is 10.6. The van der Waals surface area contributed by atoms with Gasteiger partial charge in [0.25, 0.3) is 5.91 Å². The van der Waals surface area contributed by atoms with Crippen LogP contribution in [0.15, 0.2) is 16.3 Å². The summed E-state index contributed by atoms with van der Waals surface area (Å²) in [6.07, 6.45) is 2.68. The van der Waals surface area contributed by atoms with E-state index >= 15 is 0 Å². The number of rotatable bonds is 3. The Bertz CT molecular complexity index is 628. The van der Waals surface area contributed by atoms with Crippen molar-refractivity contribution in [1.29, 1.82) is 0 Å². The van der Waals surface area contributed by atoms with Crippen LogP contribution in [0.2, 0.25) is 0 Å². The Balaban J connectivity index is 1.86. The second-order valence-corrected chi connectivity index (χ2v) is 8.44. The average molecular weight is 343 g/mol. The number of hydrogen-bond donors (Lipinski definition) is 1. The van der Waals surface area contributed by atoms with Crippen molar-refractivity contribution in [2.24, 2.45) is 0 Å². The van der Waals surface area contributed by atoms with Gasteiger partial charge in [0.1, 0.15) is 9.77 Å². The summed E-state index contributed by atoms with van der Waals surface area (Å²) in [6, 6.07) is 1.57. The van der Waals surface area contributed by atoms with Crippen molar-refractivity contribution < 1.29 is 13.2 Å². The van der Waals surface area contributed by atoms with Gasteiger partial charge in [0.2, 0.25) is 10.0 Å². The van der Waals surface area contributed by atoms with E-state index in [9.17, 15) is 13.2 Å². The monoisotopic (exact) mass is 343 g/mol. The van der Waals surface area contributed by atoms with Crippen molar-refractivity contribution in [3.8, 4) is 0 Å². The number of nitrogens with zero attached hydrogens (tertiary/aromatic N) is 2. The third-order valence-electron chi connectivity index (χ3n) is 4.13. The summed E-state index contributed by atoms with van der Waals surface area (Å²) < 4.78 is 26.9. The quantitative estimate of drug-likeness (QED) is 0.888. The van der Waals surface area contributed by atoms with Crippen LogP contribution in [-0.4, -0.2) is 62.8 Å². The molecule has 0 spiro atoms. The van der Waals surface area contributed by atoms with E-state index in [4.69, 9.17) is 0 Å². The van der Waals surface area contributed by atoms with Gasteiger partial charge in [0.15, 0.2) is 0 Å². The fourth-order valence-corrected chi connectivity index (χ4v) is 5.80. The fourth-order valence-electron chi connectivity index (χ4n) is 2.92. The zero-order valence-electron chi connectivity index (χ0n) is 12.5. The molecule has 122 valence electrons. The van der Waals surface area contributed by atoms with Crippen LogP contribution in [0.1, 0.15) is 28.9 Å². The summed E-state index contributed by atoms with van der Waals surface area (Å²) in [4.78, 5) is 15.0. The van der Waals surface area contributed by atoms with E-state index in [1.54, 1.807) is 16.3 Å². The Hall–Kier alpha value is -0.960. The average Bonchev–Trinajstić information content (AvgIpc) is 3.14. The Morgan fingerprint density at radius 3 is 2.64 bits per heavy atom. The Morgan fingerprint density at radius 1 is 1.09 bits per heavy atom. The number of amides is 1. The van der Waals surface area contributed by atoms with Crippen LogP contribution < -0.4 is 5.32 Å². The minimum absolute atomic E-state index is 0.156. The third-order valence-corrected chi connectivity index (χ3v) is 7.11. The molecule has 2 fully saturated rings. The number of hydrogen-bond acceptors (Lipinski definition) is 5. The predicted octanol–water partition coefficient (Wildman–Crippen LogP) is 0.968. The highest BCUT2D eigenvalue weighted by Gasteiger charge is 2.33. The zero-order chi connectivity index (χ0) is 15.6. The van der Waals surface area contributed by atoms with Gasteiger partial charge in [-0.05, 0) is 37.3 Å². The molecule has 3 heterocycles. The van der Waals surface area contributed by atoms with Gasteiger partial charge in [-0.2, -0.15) is 4.31 Å². The Labute approximate surface area is 135 Å². The topological polar surface area (TPSA) is 69.7 Å². The van der Waals surface area contributed by atoms with Crippen LogP contribution in [0.25, 0.3) is 0 Å². The lowest BCUT2D eigenvalue weighted by molar-refractivity contribution is 0.0767. The van der Waals surface area contributed by atoms with Crippen LogP contribution in [0.5, 0.6) is 0 Å². The maximum atomic E-state index is 12.7. The molecular formula is C14H21N3O3S2. The fraction of sp³-hybridized carbons (Fsp3) is 0.643. The lowest BCUT2D eigenvalue weighted by Gasteiger charge is -2.21. The Morgan fingerprint density at radius 2 is 1.86 bits per heavy atom. The minimum Gasteiger partial charge on any atom is -0.337 e. The summed E-state index contributed by atoms with van der Waals surface area (Å²) in [5, 5.41) is 4.95. The highest BCUT2D eigenvalue weighted by atomic mass is 32.2. The van der Waals surface area contributed by atoms with Crippen molar-refractivity contribution in [2.45, 2.75) is 24.2 Å². The van der Waals surface area contributed by atoms with E-state index in [0.717, 1.165) is 32.4 Å². The highest BCUT2D eigenvalue weighted by Crippen LogP contribution is 2.28. The van der Waals surface area contributed by atoms with Gasteiger partial charge in [-0.1, -0.05) is 0 Å². The molecule has 3 rings (SSSR count). The molecule has 0 aliphatic carbocycles. The lowest BCUT2D eigenvalue weighted by Crippen LogP contribution is -2.35. The standard InChI is InChI=1S/C14H21N3O3S2/c18-14(16-7-3-5-15-6-10-16)13-12(4-11-21-13)22(19,20)17-8-1-2-9-17/h4,11,15H,1-3,5-10H2. The van der Waals surface area contributed by atoms with Crippen molar-refractivity contribution in [3.63, 3.8) is 0 Å². The summed E-state index contributed by atoms with van der Waals surface area (Å²) in [5.41, 5.74) is 0. The molecule has 1 amide bonds. The van der Waals surface area contributed by atoms with E-state index in [2.05, 4.69) is 5.32 Å². The van der Waals surface area contributed by atoms with E-state index in [1.165, 1.54) is 15.6 Å². The molecule has 1 N–H and O–H groups in total. The largest absolute Gasteiger partial charge is 0.337 e. The van der Waals surface area contributed by atoms with Crippen molar-refractivity contribution >= 4 is 27.3 Å². The molecule has 0 radical (unpaired) electrons. The van der Waals surface area contributed by atoms with E-state index in [-0.39, 0.29) is 10.8 Å². The molecule has 2 aliphatic rings. The molecule has 0 unspecified atom stereocenters. The first-order valence-corrected chi connectivity index (χ1v) is 10.0. The maximum absolute atomic E-state index is 12.7. The van der Waals surface area contributed by atoms with Crippen molar-refractivity contribution in [2.75, 3.05) is 39.3 Å². The second kappa shape index (κ2) is 6.66. The molecule has 0 aromatic carbocycles. The van der Waals surface area contributed by atoms with Gasteiger partial charge < -0.3 is 10.2 Å².